The molecule has 51 heavy (non-hydrogen) atoms. The van der Waals surface area contributed by atoms with Gasteiger partial charge in [0.15, 0.2) is 0 Å². The summed E-state index contributed by atoms with van der Waals surface area (Å²) < 4.78 is 17.1. The van der Waals surface area contributed by atoms with Gasteiger partial charge in [-0.2, -0.15) is 0 Å². The lowest BCUT2D eigenvalue weighted by Crippen LogP contribution is -2.14. The van der Waals surface area contributed by atoms with Crippen molar-refractivity contribution < 1.29 is 29.5 Å². The molecule has 0 aromatic heterocycles. The molecule has 6 heteroatoms. The quantitative estimate of drug-likeness (QED) is 0.0545. The third-order valence-electron chi connectivity index (χ3n) is 9.56. The highest BCUT2D eigenvalue weighted by Gasteiger charge is 2.08. The molecule has 312 valence electrons. The molecule has 0 bridgehead atoms. The average Bonchev–Trinajstić information content (AvgIpc) is 3.13. The van der Waals surface area contributed by atoms with E-state index in [1.54, 1.807) is 0 Å². The standard InChI is InChI=1S/3C15H32O2/c1-3-4-5-6-7-8-9-10-12-15(2)17-14-11-13-16;1-3-5-6-7-8-9-12-15(11-4-2)17-14-10-13-16;1-3-5-6-7-8-9-10-12-15(4-2)17-14-11-13-16/h3*15-16H,3-14H2,1-2H3. The molecular formula is C45H96O6. The van der Waals surface area contributed by atoms with Crippen molar-refractivity contribution in [1.29, 1.82) is 0 Å². The molecule has 0 aliphatic carbocycles. The van der Waals surface area contributed by atoms with Crippen LogP contribution in [0.5, 0.6) is 0 Å². The Morgan fingerprint density at radius 1 is 0.333 bits per heavy atom. The second kappa shape index (κ2) is 51.9. The average molecular weight is 733 g/mol. The van der Waals surface area contributed by atoms with E-state index in [-0.39, 0.29) is 19.8 Å². The van der Waals surface area contributed by atoms with Crippen molar-refractivity contribution in [2.45, 2.75) is 252 Å². The molecule has 0 saturated carbocycles. The molecule has 0 spiro atoms. The van der Waals surface area contributed by atoms with Crippen LogP contribution in [-0.2, 0) is 14.2 Å². The fourth-order valence-corrected chi connectivity index (χ4v) is 6.15. The minimum Gasteiger partial charge on any atom is -0.396 e. The van der Waals surface area contributed by atoms with E-state index in [9.17, 15) is 0 Å². The zero-order valence-corrected chi connectivity index (χ0v) is 35.8. The van der Waals surface area contributed by atoms with Crippen LogP contribution >= 0.6 is 0 Å². The van der Waals surface area contributed by atoms with Crippen molar-refractivity contribution in [2.75, 3.05) is 39.6 Å². The summed E-state index contributed by atoms with van der Waals surface area (Å²) in [5.41, 5.74) is 0. The highest BCUT2D eigenvalue weighted by atomic mass is 16.5. The summed E-state index contributed by atoms with van der Waals surface area (Å²) in [6, 6.07) is 0. The first-order chi connectivity index (χ1) is 25.0. The lowest BCUT2D eigenvalue weighted by atomic mass is 10.0. The third kappa shape index (κ3) is 51.9. The van der Waals surface area contributed by atoms with E-state index >= 15 is 0 Å². The molecule has 0 saturated heterocycles. The summed E-state index contributed by atoms with van der Waals surface area (Å²) >= 11 is 0. The number of hydrogen-bond acceptors (Lipinski definition) is 6. The molecule has 3 unspecified atom stereocenters. The van der Waals surface area contributed by atoms with Gasteiger partial charge in [-0.15, -0.1) is 0 Å². The summed E-state index contributed by atoms with van der Waals surface area (Å²) in [6.45, 7) is 16.2. The predicted molar refractivity (Wildman–Crippen MR) is 223 cm³/mol. The minimum atomic E-state index is 0.241. The van der Waals surface area contributed by atoms with Crippen molar-refractivity contribution in [1.82, 2.24) is 0 Å². The maximum Gasteiger partial charge on any atom is 0.0575 e. The van der Waals surface area contributed by atoms with Crippen LogP contribution < -0.4 is 0 Å². The largest absolute Gasteiger partial charge is 0.396 e. The van der Waals surface area contributed by atoms with E-state index in [4.69, 9.17) is 29.5 Å². The summed E-state index contributed by atoms with van der Waals surface area (Å²) in [4.78, 5) is 0. The zero-order chi connectivity index (χ0) is 38.3. The Morgan fingerprint density at radius 3 is 1.04 bits per heavy atom. The van der Waals surface area contributed by atoms with E-state index in [2.05, 4.69) is 41.5 Å². The van der Waals surface area contributed by atoms with Gasteiger partial charge >= 0.3 is 0 Å². The highest BCUT2D eigenvalue weighted by Crippen LogP contribution is 2.15. The Bertz CT molecular complexity index is 563. The van der Waals surface area contributed by atoms with Gasteiger partial charge in [0.1, 0.15) is 0 Å². The molecule has 0 aliphatic heterocycles. The van der Waals surface area contributed by atoms with Crippen molar-refractivity contribution in [2.24, 2.45) is 0 Å². The molecule has 0 heterocycles. The first kappa shape index (κ1) is 55.1. The number of aliphatic hydroxyl groups excluding tert-OH is 3. The van der Waals surface area contributed by atoms with Crippen LogP contribution in [-0.4, -0.2) is 73.3 Å². The molecule has 0 radical (unpaired) electrons. The smallest absolute Gasteiger partial charge is 0.0575 e. The summed E-state index contributed by atoms with van der Waals surface area (Å²) in [5, 5.41) is 26.0. The van der Waals surface area contributed by atoms with Crippen LogP contribution in [0.4, 0.5) is 0 Å². The van der Waals surface area contributed by atoms with Crippen LogP contribution in [0.2, 0.25) is 0 Å². The van der Waals surface area contributed by atoms with E-state index < -0.39 is 0 Å². The summed E-state index contributed by atoms with van der Waals surface area (Å²) in [6.07, 6.45) is 39.2. The van der Waals surface area contributed by atoms with Crippen molar-refractivity contribution in [3.8, 4) is 0 Å². The summed E-state index contributed by atoms with van der Waals surface area (Å²) in [7, 11) is 0. The normalized spacial score (nSPS) is 12.9. The number of rotatable bonds is 39. The Labute approximate surface area is 321 Å². The molecule has 0 rings (SSSR count). The number of aliphatic hydroxyl groups is 3. The Morgan fingerprint density at radius 2 is 0.667 bits per heavy atom. The molecule has 3 N–H and O–H groups in total. The van der Waals surface area contributed by atoms with Crippen molar-refractivity contribution in [3.05, 3.63) is 0 Å². The SMILES string of the molecule is CCCCCCCCC(CCC)OCCCO.CCCCCCCCCC(CC)OCCCO.CCCCCCCCCCC(C)OCCCO. The monoisotopic (exact) mass is 733 g/mol. The Hall–Kier alpha value is -0.240. The van der Waals surface area contributed by atoms with E-state index in [1.807, 2.05) is 0 Å². The van der Waals surface area contributed by atoms with Gasteiger partial charge in [0.2, 0.25) is 0 Å². The van der Waals surface area contributed by atoms with Gasteiger partial charge in [-0.1, -0.05) is 176 Å². The topological polar surface area (TPSA) is 88.4 Å². The van der Waals surface area contributed by atoms with Crippen molar-refractivity contribution >= 4 is 0 Å². The van der Waals surface area contributed by atoms with Crippen LogP contribution in [0.25, 0.3) is 0 Å². The molecule has 0 fully saturated rings. The first-order valence-electron chi connectivity index (χ1n) is 22.7. The molecule has 6 nitrogen and oxygen atoms in total. The molecule has 0 aromatic rings. The fraction of sp³-hybridized carbons (Fsp3) is 1.00. The molecule has 3 atom stereocenters. The first-order valence-corrected chi connectivity index (χ1v) is 22.7. The van der Waals surface area contributed by atoms with E-state index in [1.165, 1.54) is 167 Å². The van der Waals surface area contributed by atoms with Crippen molar-refractivity contribution in [3.63, 3.8) is 0 Å². The molecule has 0 aliphatic rings. The van der Waals surface area contributed by atoms with Gasteiger partial charge in [0.25, 0.3) is 0 Å². The van der Waals surface area contributed by atoms with Crippen LogP contribution in [0.15, 0.2) is 0 Å². The second-order valence-electron chi connectivity index (χ2n) is 14.8. The number of hydrogen-bond donors (Lipinski definition) is 3. The highest BCUT2D eigenvalue weighted by molar-refractivity contribution is 4.59. The van der Waals surface area contributed by atoms with Gasteiger partial charge in [0, 0.05) is 39.6 Å². The van der Waals surface area contributed by atoms with Gasteiger partial charge in [0.05, 0.1) is 18.3 Å². The number of unbranched alkanes of at least 4 members (excludes halogenated alkanes) is 18. The van der Waals surface area contributed by atoms with Crippen LogP contribution in [0, 0.1) is 0 Å². The lowest BCUT2D eigenvalue weighted by molar-refractivity contribution is 0.0315. The maximum absolute atomic E-state index is 8.73. The zero-order valence-electron chi connectivity index (χ0n) is 35.8. The third-order valence-corrected chi connectivity index (χ3v) is 9.56. The Balaban J connectivity index is -0.000000678. The fourth-order valence-electron chi connectivity index (χ4n) is 6.15. The lowest BCUT2D eigenvalue weighted by Gasteiger charge is -2.16. The van der Waals surface area contributed by atoms with Gasteiger partial charge in [-0.25, -0.2) is 0 Å². The second-order valence-corrected chi connectivity index (χ2v) is 14.8. The molecule has 0 aromatic carbocycles. The van der Waals surface area contributed by atoms with Gasteiger partial charge < -0.3 is 29.5 Å². The Kier molecular flexibility index (Phi) is 56.0. The predicted octanol–water partition coefficient (Wildman–Crippen LogP) is 12.9. The van der Waals surface area contributed by atoms with Crippen LogP contribution in [0.3, 0.4) is 0 Å². The van der Waals surface area contributed by atoms with Gasteiger partial charge in [-0.05, 0) is 58.3 Å². The summed E-state index contributed by atoms with van der Waals surface area (Å²) in [5.74, 6) is 0. The number of ether oxygens (including phenoxy) is 3. The van der Waals surface area contributed by atoms with E-state index in [0.29, 0.717) is 31.5 Å². The van der Waals surface area contributed by atoms with Gasteiger partial charge in [-0.3, -0.25) is 0 Å². The van der Waals surface area contributed by atoms with Crippen LogP contribution in [0.1, 0.15) is 234 Å². The maximum atomic E-state index is 8.73. The molecule has 0 amide bonds. The van der Waals surface area contributed by atoms with E-state index in [0.717, 1.165) is 32.3 Å². The minimum absolute atomic E-state index is 0.241. The molecular weight excluding hydrogens is 636 g/mol.